The Bertz CT molecular complexity index is 703. The van der Waals surface area contributed by atoms with Crippen LogP contribution in [-0.4, -0.2) is 11.9 Å². The first-order valence-electron chi connectivity index (χ1n) is 6.66. The maximum Gasteiger partial charge on any atom is 0.329 e. The Labute approximate surface area is 133 Å². The summed E-state index contributed by atoms with van der Waals surface area (Å²) in [7, 11) is 0. The smallest absolute Gasteiger partial charge is 0.329 e. The number of nitrogens with one attached hydrogen (secondary N) is 1. The Morgan fingerprint density at radius 1 is 1.18 bits per heavy atom. The summed E-state index contributed by atoms with van der Waals surface area (Å²) in [6, 6.07) is 13.2. The van der Waals surface area contributed by atoms with Crippen molar-refractivity contribution < 1.29 is 9.59 Å². The van der Waals surface area contributed by atoms with E-state index in [-0.39, 0.29) is 6.54 Å². The summed E-state index contributed by atoms with van der Waals surface area (Å²) in [6.07, 6.45) is 0. The van der Waals surface area contributed by atoms with Crippen LogP contribution in [-0.2, 0) is 11.3 Å². The van der Waals surface area contributed by atoms with Gasteiger partial charge in [-0.3, -0.25) is 4.79 Å². The van der Waals surface area contributed by atoms with Gasteiger partial charge in [0.25, 0.3) is 0 Å². The van der Waals surface area contributed by atoms with Gasteiger partial charge < -0.3 is 11.1 Å². The fraction of sp³-hybridized carbons (Fsp3) is 0.125. The van der Waals surface area contributed by atoms with Crippen LogP contribution < -0.4 is 16.0 Å². The van der Waals surface area contributed by atoms with Crippen LogP contribution in [0, 0.1) is 0 Å². The molecule has 2 rings (SSSR count). The average molecular weight is 318 g/mol. The molecule has 0 aliphatic carbocycles. The molecular formula is C16H16ClN3O2. The molecule has 0 radical (unpaired) electrons. The van der Waals surface area contributed by atoms with Gasteiger partial charge in [-0.2, -0.15) is 0 Å². The van der Waals surface area contributed by atoms with Crippen LogP contribution in [0.2, 0.25) is 5.02 Å². The number of nitrogens with two attached hydrogens (primary N) is 1. The minimum absolute atomic E-state index is 0.269. The van der Waals surface area contributed by atoms with Crippen LogP contribution in [0.25, 0.3) is 0 Å². The lowest BCUT2D eigenvalue weighted by atomic mass is 10.2. The molecule has 0 spiro atoms. The second-order valence-electron chi connectivity index (χ2n) is 4.74. The molecule has 0 unspecified atom stereocenters. The van der Waals surface area contributed by atoms with Crippen molar-refractivity contribution in [3.8, 4) is 0 Å². The predicted octanol–water partition coefficient (Wildman–Crippen LogP) is 3.18. The molecule has 0 saturated carbocycles. The van der Waals surface area contributed by atoms with E-state index in [2.05, 4.69) is 5.32 Å². The summed E-state index contributed by atoms with van der Waals surface area (Å²) in [4.78, 5) is 25.1. The normalized spacial score (nSPS) is 10.1. The highest BCUT2D eigenvalue weighted by atomic mass is 35.5. The number of anilines is 2. The van der Waals surface area contributed by atoms with E-state index in [0.717, 1.165) is 10.5 Å². The molecule has 0 aliphatic rings. The lowest BCUT2D eigenvalue weighted by Gasteiger charge is -2.20. The number of carbonyl (C=O) groups excluding carboxylic acids is 2. The van der Waals surface area contributed by atoms with Gasteiger partial charge >= 0.3 is 6.03 Å². The van der Waals surface area contributed by atoms with E-state index in [1.54, 1.807) is 42.5 Å². The second-order valence-corrected chi connectivity index (χ2v) is 5.17. The van der Waals surface area contributed by atoms with Crippen molar-refractivity contribution in [3.63, 3.8) is 0 Å². The lowest BCUT2D eigenvalue weighted by molar-refractivity contribution is -0.115. The Kier molecular flexibility index (Phi) is 5.01. The topological polar surface area (TPSA) is 75.4 Å². The summed E-state index contributed by atoms with van der Waals surface area (Å²) in [6.45, 7) is 1.59. The average Bonchev–Trinajstić information content (AvgIpc) is 2.45. The van der Waals surface area contributed by atoms with Gasteiger partial charge in [-0.05, 0) is 35.9 Å². The van der Waals surface area contributed by atoms with Gasteiger partial charge in [-0.15, -0.1) is 0 Å². The van der Waals surface area contributed by atoms with Gasteiger partial charge in [-0.1, -0.05) is 29.8 Å². The monoisotopic (exact) mass is 317 g/mol. The zero-order valence-corrected chi connectivity index (χ0v) is 12.8. The summed E-state index contributed by atoms with van der Waals surface area (Å²) < 4.78 is 0. The fourth-order valence-electron chi connectivity index (χ4n) is 2.01. The van der Waals surface area contributed by atoms with Gasteiger partial charge in [-0.25, -0.2) is 9.69 Å². The van der Waals surface area contributed by atoms with E-state index in [1.165, 1.54) is 6.92 Å². The number of hydrogen-bond acceptors (Lipinski definition) is 3. The summed E-state index contributed by atoms with van der Waals surface area (Å²) >= 11 is 5.90. The Morgan fingerprint density at radius 2 is 1.91 bits per heavy atom. The maximum atomic E-state index is 12.3. The number of amides is 3. The van der Waals surface area contributed by atoms with E-state index in [1.807, 2.05) is 6.07 Å². The molecule has 0 atom stereocenters. The number of urea groups is 1. The number of rotatable bonds is 3. The molecule has 2 aromatic rings. The summed E-state index contributed by atoms with van der Waals surface area (Å²) in [5.41, 5.74) is 7.44. The number of nitrogen functional groups attached to an aromatic ring is 1. The maximum absolute atomic E-state index is 12.3. The van der Waals surface area contributed by atoms with Gasteiger partial charge in [0, 0.05) is 24.2 Å². The van der Waals surface area contributed by atoms with Crippen molar-refractivity contribution in [2.24, 2.45) is 0 Å². The first kappa shape index (κ1) is 15.9. The molecular weight excluding hydrogens is 302 g/mol. The Morgan fingerprint density at radius 3 is 2.55 bits per heavy atom. The molecule has 0 fully saturated rings. The number of halogens is 1. The highest BCUT2D eigenvalue weighted by molar-refractivity contribution is 6.30. The van der Waals surface area contributed by atoms with E-state index in [4.69, 9.17) is 17.3 Å². The van der Waals surface area contributed by atoms with E-state index in [9.17, 15) is 9.59 Å². The first-order chi connectivity index (χ1) is 10.5. The molecule has 6 heteroatoms. The number of carbonyl (C=O) groups is 2. The third kappa shape index (κ3) is 3.99. The minimum atomic E-state index is -0.516. The zero-order chi connectivity index (χ0) is 16.1. The first-order valence-corrected chi connectivity index (χ1v) is 7.03. The number of nitrogens with zero attached hydrogens (tertiary/aromatic N) is 1. The molecule has 2 aromatic carbocycles. The van der Waals surface area contributed by atoms with Gasteiger partial charge in [0.2, 0.25) is 5.91 Å². The lowest BCUT2D eigenvalue weighted by Crippen LogP contribution is -2.42. The predicted molar refractivity (Wildman–Crippen MR) is 87.7 cm³/mol. The summed E-state index contributed by atoms with van der Waals surface area (Å²) in [5.74, 6) is -0.394. The van der Waals surface area contributed by atoms with Crippen molar-refractivity contribution in [1.82, 2.24) is 5.32 Å². The standard InChI is InChI=1S/C16H16ClN3O2/c1-11(21)20(15-7-3-6-14(18)9-15)16(22)19-10-12-4-2-5-13(17)8-12/h2-9H,10,18H2,1H3,(H,19,22). The fourth-order valence-corrected chi connectivity index (χ4v) is 2.22. The molecule has 22 heavy (non-hydrogen) atoms. The highest BCUT2D eigenvalue weighted by Crippen LogP contribution is 2.18. The zero-order valence-electron chi connectivity index (χ0n) is 12.0. The quantitative estimate of drug-likeness (QED) is 0.854. The SMILES string of the molecule is CC(=O)N(C(=O)NCc1cccc(Cl)c1)c1cccc(N)c1. The van der Waals surface area contributed by atoms with E-state index >= 15 is 0 Å². The third-order valence-electron chi connectivity index (χ3n) is 2.98. The van der Waals surface area contributed by atoms with Crippen LogP contribution in [0.5, 0.6) is 0 Å². The molecule has 0 heterocycles. The second kappa shape index (κ2) is 6.95. The van der Waals surface area contributed by atoms with Crippen molar-refractivity contribution in [2.45, 2.75) is 13.5 Å². The van der Waals surface area contributed by atoms with Gasteiger partial charge in [0.15, 0.2) is 0 Å². The van der Waals surface area contributed by atoms with Crippen LogP contribution >= 0.6 is 11.6 Å². The van der Waals surface area contributed by atoms with Gasteiger partial charge in [0.1, 0.15) is 0 Å². The third-order valence-corrected chi connectivity index (χ3v) is 3.21. The van der Waals surface area contributed by atoms with Crippen LogP contribution in [0.15, 0.2) is 48.5 Å². The molecule has 5 nitrogen and oxygen atoms in total. The molecule has 0 aromatic heterocycles. The van der Waals surface area contributed by atoms with Crippen LogP contribution in [0.1, 0.15) is 12.5 Å². The van der Waals surface area contributed by atoms with Crippen molar-refractivity contribution in [1.29, 1.82) is 0 Å². The van der Waals surface area contributed by atoms with E-state index < -0.39 is 11.9 Å². The Balaban J connectivity index is 2.12. The minimum Gasteiger partial charge on any atom is -0.399 e. The van der Waals surface area contributed by atoms with Gasteiger partial charge in [0.05, 0.1) is 5.69 Å². The largest absolute Gasteiger partial charge is 0.399 e. The van der Waals surface area contributed by atoms with Crippen LogP contribution in [0.3, 0.4) is 0 Å². The molecule has 3 amide bonds. The summed E-state index contributed by atoms with van der Waals surface area (Å²) in [5, 5.41) is 3.28. The highest BCUT2D eigenvalue weighted by Gasteiger charge is 2.20. The molecule has 3 N–H and O–H groups in total. The van der Waals surface area contributed by atoms with E-state index in [0.29, 0.717) is 16.4 Å². The molecule has 114 valence electrons. The van der Waals surface area contributed by atoms with Crippen molar-refractivity contribution in [3.05, 3.63) is 59.1 Å². The van der Waals surface area contributed by atoms with Crippen molar-refractivity contribution in [2.75, 3.05) is 10.6 Å². The molecule has 0 saturated heterocycles. The molecule has 0 aliphatic heterocycles. The van der Waals surface area contributed by atoms with Crippen molar-refractivity contribution >= 4 is 34.9 Å². The van der Waals surface area contributed by atoms with Crippen LogP contribution in [0.4, 0.5) is 16.2 Å². The Hall–Kier alpha value is -2.53. The number of benzene rings is 2. The molecule has 0 bridgehead atoms. The number of imide groups is 1. The number of hydrogen-bond donors (Lipinski definition) is 2.